The van der Waals surface area contributed by atoms with Crippen LogP contribution in [0.25, 0.3) is 0 Å². The maximum atomic E-state index is 12.8. The Bertz CT molecular complexity index is 751. The molecule has 2 unspecified atom stereocenters. The standard InChI is InChI=1S/C38H73NO8/c1-3-5-7-9-11-13-14-15-16-17-18-20-21-23-25-27-32(41)31(30-46-38-37(45)36(44)35(43)33(29-40)47-38)39-34(42)28-26-24-22-19-12-10-8-6-4-2/h25,27,31-33,35-38,40-41,43-45H,3-24,26,28-30H2,1-2H3,(H,39,42)/b27-25+/t31-,32+,33+,35+,36?,37?,38+/m0/s1. The van der Waals surface area contributed by atoms with Gasteiger partial charge in [-0.2, -0.15) is 0 Å². The summed E-state index contributed by atoms with van der Waals surface area (Å²) in [5.74, 6) is -0.181. The first-order valence-corrected chi connectivity index (χ1v) is 19.4. The Hall–Kier alpha value is -1.07. The lowest BCUT2D eigenvalue weighted by molar-refractivity contribution is -0.302. The summed E-state index contributed by atoms with van der Waals surface area (Å²) >= 11 is 0. The van der Waals surface area contributed by atoms with Gasteiger partial charge < -0.3 is 40.3 Å². The molecule has 1 aliphatic heterocycles. The molecule has 1 fully saturated rings. The lowest BCUT2D eigenvalue weighted by Gasteiger charge is -2.40. The van der Waals surface area contributed by atoms with Crippen molar-refractivity contribution in [3.63, 3.8) is 0 Å². The summed E-state index contributed by atoms with van der Waals surface area (Å²) < 4.78 is 11.1. The molecule has 0 aromatic rings. The number of allylic oxidation sites excluding steroid dienone is 1. The van der Waals surface area contributed by atoms with E-state index in [1.807, 2.05) is 6.08 Å². The van der Waals surface area contributed by atoms with Gasteiger partial charge in [0.1, 0.15) is 24.4 Å². The van der Waals surface area contributed by atoms with Gasteiger partial charge in [0.25, 0.3) is 0 Å². The number of hydrogen-bond donors (Lipinski definition) is 6. The Labute approximate surface area is 286 Å². The number of rotatable bonds is 31. The first-order chi connectivity index (χ1) is 22.8. The molecule has 0 aliphatic carbocycles. The minimum absolute atomic E-state index is 0.181. The molecule has 0 radical (unpaired) electrons. The van der Waals surface area contributed by atoms with Crippen LogP contribution in [0.4, 0.5) is 0 Å². The van der Waals surface area contributed by atoms with Crippen molar-refractivity contribution in [2.45, 2.75) is 211 Å². The third-order valence-electron chi connectivity index (χ3n) is 9.36. The van der Waals surface area contributed by atoms with E-state index in [9.17, 15) is 30.3 Å². The fourth-order valence-electron chi connectivity index (χ4n) is 6.15. The first kappa shape index (κ1) is 44.0. The zero-order valence-corrected chi connectivity index (χ0v) is 30.0. The van der Waals surface area contributed by atoms with Crippen LogP contribution in [0.15, 0.2) is 12.2 Å². The molecule has 0 saturated carbocycles. The monoisotopic (exact) mass is 672 g/mol. The molecule has 1 heterocycles. The van der Waals surface area contributed by atoms with Crippen molar-refractivity contribution >= 4 is 5.91 Å². The third-order valence-corrected chi connectivity index (χ3v) is 9.36. The van der Waals surface area contributed by atoms with E-state index in [0.717, 1.165) is 38.5 Å². The van der Waals surface area contributed by atoms with Crippen LogP contribution >= 0.6 is 0 Å². The van der Waals surface area contributed by atoms with Gasteiger partial charge in [-0.15, -0.1) is 0 Å². The maximum Gasteiger partial charge on any atom is 0.220 e. The van der Waals surface area contributed by atoms with Crippen LogP contribution < -0.4 is 5.32 Å². The molecule has 0 spiro atoms. The highest BCUT2D eigenvalue weighted by Gasteiger charge is 2.44. The van der Waals surface area contributed by atoms with Crippen molar-refractivity contribution in [1.82, 2.24) is 5.32 Å². The average molecular weight is 672 g/mol. The van der Waals surface area contributed by atoms with Gasteiger partial charge in [-0.25, -0.2) is 0 Å². The van der Waals surface area contributed by atoms with Crippen molar-refractivity contribution < 1.29 is 39.8 Å². The average Bonchev–Trinajstić information content (AvgIpc) is 3.07. The van der Waals surface area contributed by atoms with Crippen molar-refractivity contribution in [2.75, 3.05) is 13.2 Å². The van der Waals surface area contributed by atoms with E-state index in [2.05, 4.69) is 19.2 Å². The Morgan fingerprint density at radius 1 is 0.702 bits per heavy atom. The lowest BCUT2D eigenvalue weighted by Crippen LogP contribution is -2.60. The van der Waals surface area contributed by atoms with Gasteiger partial charge in [-0.1, -0.05) is 154 Å². The summed E-state index contributed by atoms with van der Waals surface area (Å²) in [7, 11) is 0. The summed E-state index contributed by atoms with van der Waals surface area (Å²) in [6, 6.07) is -0.795. The van der Waals surface area contributed by atoms with Crippen LogP contribution in [-0.2, 0) is 14.3 Å². The van der Waals surface area contributed by atoms with Crippen molar-refractivity contribution in [3.05, 3.63) is 12.2 Å². The number of carbonyl (C=O) groups is 1. The number of hydrogen-bond acceptors (Lipinski definition) is 8. The Morgan fingerprint density at radius 3 is 1.66 bits per heavy atom. The molecular weight excluding hydrogens is 598 g/mol. The molecule has 1 amide bonds. The van der Waals surface area contributed by atoms with E-state index in [1.165, 1.54) is 109 Å². The summed E-state index contributed by atoms with van der Waals surface area (Å²) in [6.07, 6.45) is 24.0. The number of aliphatic hydroxyl groups excluding tert-OH is 5. The van der Waals surface area contributed by atoms with Gasteiger partial charge in [-0.3, -0.25) is 4.79 Å². The molecule has 1 saturated heterocycles. The molecule has 6 N–H and O–H groups in total. The molecule has 0 bridgehead atoms. The molecule has 9 heteroatoms. The smallest absolute Gasteiger partial charge is 0.220 e. The number of carbonyl (C=O) groups excluding carboxylic acids is 1. The summed E-state index contributed by atoms with van der Waals surface area (Å²) in [4.78, 5) is 12.8. The quantitative estimate of drug-likeness (QED) is 0.0357. The largest absolute Gasteiger partial charge is 0.394 e. The van der Waals surface area contributed by atoms with Crippen molar-refractivity contribution in [2.24, 2.45) is 0 Å². The molecule has 0 aromatic carbocycles. The number of unbranched alkanes of at least 4 members (excludes halogenated alkanes) is 21. The minimum Gasteiger partial charge on any atom is -0.394 e. The van der Waals surface area contributed by atoms with Crippen LogP contribution in [0.1, 0.15) is 168 Å². The van der Waals surface area contributed by atoms with Gasteiger partial charge in [0.15, 0.2) is 6.29 Å². The van der Waals surface area contributed by atoms with Crippen LogP contribution in [0.3, 0.4) is 0 Å². The fourth-order valence-corrected chi connectivity index (χ4v) is 6.15. The topological polar surface area (TPSA) is 149 Å². The Balaban J connectivity index is 2.44. The highest BCUT2D eigenvalue weighted by atomic mass is 16.7. The van der Waals surface area contributed by atoms with E-state index >= 15 is 0 Å². The normalized spacial score (nSPS) is 22.9. The summed E-state index contributed by atoms with van der Waals surface area (Å²) in [5.41, 5.74) is 0. The second-order valence-corrected chi connectivity index (χ2v) is 13.7. The van der Waals surface area contributed by atoms with Gasteiger partial charge in [-0.05, 0) is 19.3 Å². The van der Waals surface area contributed by atoms with Gasteiger partial charge in [0.2, 0.25) is 5.91 Å². The van der Waals surface area contributed by atoms with Gasteiger partial charge in [0, 0.05) is 6.42 Å². The Kier molecular flexibility index (Phi) is 27.9. The van der Waals surface area contributed by atoms with E-state index in [1.54, 1.807) is 6.08 Å². The van der Waals surface area contributed by atoms with E-state index < -0.39 is 49.5 Å². The fraction of sp³-hybridized carbons (Fsp3) is 0.921. The van der Waals surface area contributed by atoms with E-state index in [0.29, 0.717) is 6.42 Å². The second-order valence-electron chi connectivity index (χ2n) is 13.7. The lowest BCUT2D eigenvalue weighted by atomic mass is 9.99. The predicted octanol–water partition coefficient (Wildman–Crippen LogP) is 6.61. The molecule has 278 valence electrons. The zero-order valence-electron chi connectivity index (χ0n) is 30.0. The highest BCUT2D eigenvalue weighted by molar-refractivity contribution is 5.76. The van der Waals surface area contributed by atoms with Crippen molar-refractivity contribution in [3.8, 4) is 0 Å². The number of nitrogens with one attached hydrogen (secondary N) is 1. The summed E-state index contributed by atoms with van der Waals surface area (Å²) in [5, 5.41) is 53.8. The van der Waals surface area contributed by atoms with Gasteiger partial charge >= 0.3 is 0 Å². The molecule has 0 aromatic heterocycles. The molecule has 1 rings (SSSR count). The maximum absolute atomic E-state index is 12.8. The zero-order chi connectivity index (χ0) is 34.5. The minimum atomic E-state index is -1.56. The van der Waals surface area contributed by atoms with Crippen LogP contribution in [-0.4, -0.2) is 87.5 Å². The molecule has 7 atom stereocenters. The number of ether oxygens (including phenoxy) is 2. The number of aliphatic hydroxyl groups is 5. The summed E-state index contributed by atoms with van der Waals surface area (Å²) in [6.45, 7) is 3.73. The predicted molar refractivity (Wildman–Crippen MR) is 189 cm³/mol. The van der Waals surface area contributed by atoms with E-state index in [-0.39, 0.29) is 12.5 Å². The SMILES string of the molecule is CCCCCCCCCCCCCCC/C=C/[C@@H](O)[C@H](CO[C@@H]1O[C@H](CO)[C@@H](O)C(O)C1O)NC(=O)CCCCCCCCCCC. The van der Waals surface area contributed by atoms with Crippen LogP contribution in [0.5, 0.6) is 0 Å². The van der Waals surface area contributed by atoms with Crippen molar-refractivity contribution in [1.29, 1.82) is 0 Å². The van der Waals surface area contributed by atoms with Crippen LogP contribution in [0, 0.1) is 0 Å². The Morgan fingerprint density at radius 2 is 1.17 bits per heavy atom. The van der Waals surface area contributed by atoms with Gasteiger partial charge in [0.05, 0.1) is 25.4 Å². The van der Waals surface area contributed by atoms with E-state index in [4.69, 9.17) is 9.47 Å². The second kappa shape index (κ2) is 29.8. The molecule has 47 heavy (non-hydrogen) atoms. The molecule has 1 aliphatic rings. The highest BCUT2D eigenvalue weighted by Crippen LogP contribution is 2.22. The van der Waals surface area contributed by atoms with Crippen LogP contribution in [0.2, 0.25) is 0 Å². The molecular formula is C38H73NO8. The first-order valence-electron chi connectivity index (χ1n) is 19.4. The third kappa shape index (κ3) is 21.6. The molecule has 9 nitrogen and oxygen atoms in total. The number of amides is 1.